The molecular weight excluding hydrogens is 403 g/mol. The second-order valence-electron chi connectivity index (χ2n) is 6.32. The summed E-state index contributed by atoms with van der Waals surface area (Å²) < 4.78 is 55.0. The van der Waals surface area contributed by atoms with E-state index in [9.17, 15) is 22.8 Å². The average molecular weight is 425 g/mol. The molecule has 2 aromatic carbocycles. The highest BCUT2D eigenvalue weighted by atomic mass is 19.4. The number of hydrogen-bond acceptors (Lipinski definition) is 5. The van der Waals surface area contributed by atoms with E-state index < -0.39 is 24.3 Å². The summed E-state index contributed by atoms with van der Waals surface area (Å²) in [7, 11) is 1.38. The number of amides is 1. The van der Waals surface area contributed by atoms with E-state index in [1.54, 1.807) is 0 Å². The smallest absolute Gasteiger partial charge is 0.416 e. The number of anilines is 1. The first-order valence-electron chi connectivity index (χ1n) is 9.11. The van der Waals surface area contributed by atoms with Gasteiger partial charge >= 0.3 is 6.18 Å². The fraction of sp³-hybridized carbons (Fsp3) is 0.333. The van der Waals surface area contributed by atoms with Gasteiger partial charge in [-0.1, -0.05) is 6.92 Å². The molecule has 0 saturated heterocycles. The van der Waals surface area contributed by atoms with Crippen LogP contribution in [0.25, 0.3) is 0 Å². The van der Waals surface area contributed by atoms with Crippen LogP contribution in [0.15, 0.2) is 36.4 Å². The van der Waals surface area contributed by atoms with Gasteiger partial charge in [-0.15, -0.1) is 0 Å². The van der Waals surface area contributed by atoms with Gasteiger partial charge in [0.25, 0.3) is 5.91 Å². The topological polar surface area (TPSA) is 73.9 Å². The average Bonchev–Trinajstić information content (AvgIpc) is 2.70. The van der Waals surface area contributed by atoms with Crippen LogP contribution in [0.2, 0.25) is 0 Å². The summed E-state index contributed by atoms with van der Waals surface area (Å²) in [6, 6.07) is 7.33. The number of carbonyl (C=O) groups is 2. The summed E-state index contributed by atoms with van der Waals surface area (Å²) in [6.45, 7) is 3.04. The molecule has 0 aliphatic carbocycles. The van der Waals surface area contributed by atoms with Gasteiger partial charge in [-0.25, -0.2) is 0 Å². The molecule has 0 unspecified atom stereocenters. The highest BCUT2D eigenvalue weighted by molar-refractivity contribution is 5.95. The van der Waals surface area contributed by atoms with Crippen molar-refractivity contribution in [2.75, 3.05) is 25.6 Å². The van der Waals surface area contributed by atoms with E-state index in [0.29, 0.717) is 12.0 Å². The summed E-state index contributed by atoms with van der Waals surface area (Å²) in [5.74, 6) is -0.262. The van der Waals surface area contributed by atoms with Crippen molar-refractivity contribution in [1.82, 2.24) is 0 Å². The largest absolute Gasteiger partial charge is 0.493 e. The Kier molecular flexibility index (Phi) is 7.68. The van der Waals surface area contributed by atoms with Gasteiger partial charge in [0.2, 0.25) is 0 Å². The number of methoxy groups -OCH3 is 1. The fourth-order valence-electron chi connectivity index (χ4n) is 2.48. The minimum absolute atomic E-state index is 0.106. The van der Waals surface area contributed by atoms with Crippen LogP contribution in [0.1, 0.15) is 36.2 Å². The normalized spacial score (nSPS) is 11.0. The molecule has 1 N–H and O–H groups in total. The maximum atomic E-state index is 13.0. The van der Waals surface area contributed by atoms with Crippen molar-refractivity contribution in [1.29, 1.82) is 0 Å². The monoisotopic (exact) mass is 425 g/mol. The number of Topliss-reactive ketones (excluding diaryl/α,β-unsaturated/α-hetero) is 1. The molecule has 30 heavy (non-hydrogen) atoms. The second kappa shape index (κ2) is 10.00. The van der Waals surface area contributed by atoms with Crippen molar-refractivity contribution in [2.45, 2.75) is 26.4 Å². The van der Waals surface area contributed by atoms with Gasteiger partial charge in [0.1, 0.15) is 5.75 Å². The molecule has 162 valence electrons. The van der Waals surface area contributed by atoms with Gasteiger partial charge in [0.15, 0.2) is 23.9 Å². The third-order valence-electron chi connectivity index (χ3n) is 3.97. The molecular formula is C21H22F3NO5. The minimum Gasteiger partial charge on any atom is -0.493 e. The lowest BCUT2D eigenvalue weighted by molar-refractivity contribution is -0.137. The standard InChI is InChI=1S/C21H22F3NO5/c1-4-9-29-17-8-6-15(21(22,23)24)11-16(17)25-20(27)12-30-18-7-5-14(13(2)26)10-19(18)28-3/h5-8,10-11H,4,9,12H2,1-3H3,(H,25,27). The van der Waals surface area contributed by atoms with Crippen LogP contribution in [0.4, 0.5) is 18.9 Å². The molecule has 0 heterocycles. The van der Waals surface area contributed by atoms with Crippen LogP contribution in [-0.2, 0) is 11.0 Å². The highest BCUT2D eigenvalue weighted by Crippen LogP contribution is 2.35. The van der Waals surface area contributed by atoms with Gasteiger partial charge in [-0.2, -0.15) is 13.2 Å². The van der Waals surface area contributed by atoms with Crippen LogP contribution in [-0.4, -0.2) is 32.0 Å². The summed E-state index contributed by atoms with van der Waals surface area (Å²) in [5, 5.41) is 2.39. The van der Waals surface area contributed by atoms with Crippen molar-refractivity contribution in [3.63, 3.8) is 0 Å². The van der Waals surface area contributed by atoms with E-state index in [-0.39, 0.29) is 35.3 Å². The van der Waals surface area contributed by atoms with Gasteiger partial charge in [0.05, 0.1) is 25.0 Å². The SMILES string of the molecule is CCCOc1ccc(C(F)(F)F)cc1NC(=O)COc1ccc(C(C)=O)cc1OC. The molecule has 0 aromatic heterocycles. The zero-order valence-electron chi connectivity index (χ0n) is 16.8. The lowest BCUT2D eigenvalue weighted by Crippen LogP contribution is -2.21. The highest BCUT2D eigenvalue weighted by Gasteiger charge is 2.31. The van der Waals surface area contributed by atoms with Gasteiger partial charge in [0, 0.05) is 5.56 Å². The Labute approximate surface area is 171 Å². The Morgan fingerprint density at radius 1 is 1.00 bits per heavy atom. The number of carbonyl (C=O) groups excluding carboxylic acids is 2. The number of ether oxygens (including phenoxy) is 3. The number of benzene rings is 2. The van der Waals surface area contributed by atoms with E-state index in [2.05, 4.69) is 5.32 Å². The Morgan fingerprint density at radius 2 is 1.70 bits per heavy atom. The lowest BCUT2D eigenvalue weighted by atomic mass is 10.1. The predicted octanol–water partition coefficient (Wildman–Crippen LogP) is 4.72. The molecule has 2 aromatic rings. The number of rotatable bonds is 9. The maximum absolute atomic E-state index is 13.0. The zero-order valence-corrected chi connectivity index (χ0v) is 16.8. The Hall–Kier alpha value is -3.23. The van der Waals surface area contributed by atoms with E-state index in [0.717, 1.165) is 12.1 Å². The second-order valence-corrected chi connectivity index (χ2v) is 6.32. The van der Waals surface area contributed by atoms with Crippen LogP contribution in [0.5, 0.6) is 17.2 Å². The molecule has 0 bridgehead atoms. The van der Waals surface area contributed by atoms with Crippen molar-refractivity contribution in [2.24, 2.45) is 0 Å². The summed E-state index contributed by atoms with van der Waals surface area (Å²) >= 11 is 0. The van der Waals surface area contributed by atoms with Crippen molar-refractivity contribution in [3.05, 3.63) is 47.5 Å². The van der Waals surface area contributed by atoms with E-state index in [4.69, 9.17) is 14.2 Å². The minimum atomic E-state index is -4.56. The summed E-state index contributed by atoms with van der Waals surface area (Å²) in [5.41, 5.74) is -0.611. The van der Waals surface area contributed by atoms with E-state index in [1.165, 1.54) is 38.3 Å². The first-order chi connectivity index (χ1) is 14.2. The Balaban J connectivity index is 2.14. The number of alkyl halides is 3. The molecule has 2 rings (SSSR count). The summed E-state index contributed by atoms with van der Waals surface area (Å²) in [6.07, 6.45) is -3.92. The molecule has 1 amide bonds. The van der Waals surface area contributed by atoms with Crippen molar-refractivity contribution >= 4 is 17.4 Å². The number of halogens is 3. The molecule has 0 saturated carbocycles. The van der Waals surface area contributed by atoms with E-state index >= 15 is 0 Å². The maximum Gasteiger partial charge on any atom is 0.416 e. The van der Waals surface area contributed by atoms with Crippen LogP contribution >= 0.6 is 0 Å². The first-order valence-corrected chi connectivity index (χ1v) is 9.11. The third kappa shape index (κ3) is 6.13. The number of nitrogens with one attached hydrogen (secondary N) is 1. The molecule has 0 fully saturated rings. The molecule has 0 aliphatic rings. The molecule has 0 radical (unpaired) electrons. The van der Waals surface area contributed by atoms with Gasteiger partial charge < -0.3 is 19.5 Å². The molecule has 0 aliphatic heterocycles. The molecule has 0 spiro atoms. The molecule has 0 atom stereocenters. The summed E-state index contributed by atoms with van der Waals surface area (Å²) in [4.78, 5) is 23.7. The van der Waals surface area contributed by atoms with Gasteiger partial charge in [-0.3, -0.25) is 9.59 Å². The fourth-order valence-corrected chi connectivity index (χ4v) is 2.48. The molecule has 6 nitrogen and oxygen atoms in total. The number of hydrogen-bond donors (Lipinski definition) is 1. The van der Waals surface area contributed by atoms with Crippen LogP contribution in [0.3, 0.4) is 0 Å². The van der Waals surface area contributed by atoms with Crippen LogP contribution < -0.4 is 19.5 Å². The first kappa shape index (κ1) is 23.1. The molecule has 9 heteroatoms. The number of ketones is 1. The Bertz CT molecular complexity index is 912. The lowest BCUT2D eigenvalue weighted by Gasteiger charge is -2.16. The Morgan fingerprint density at radius 3 is 2.30 bits per heavy atom. The van der Waals surface area contributed by atoms with Crippen molar-refractivity contribution in [3.8, 4) is 17.2 Å². The zero-order chi connectivity index (χ0) is 22.3. The third-order valence-corrected chi connectivity index (χ3v) is 3.97. The van der Waals surface area contributed by atoms with Gasteiger partial charge in [-0.05, 0) is 49.7 Å². The quantitative estimate of drug-likeness (QED) is 0.589. The predicted molar refractivity (Wildman–Crippen MR) is 104 cm³/mol. The van der Waals surface area contributed by atoms with Crippen molar-refractivity contribution < 1.29 is 37.0 Å². The van der Waals surface area contributed by atoms with Crippen LogP contribution in [0, 0.1) is 0 Å². The van der Waals surface area contributed by atoms with E-state index in [1.807, 2.05) is 6.92 Å².